The summed E-state index contributed by atoms with van der Waals surface area (Å²) in [7, 11) is 0. The van der Waals surface area contributed by atoms with Crippen molar-refractivity contribution in [3.63, 3.8) is 0 Å². The number of aromatic amines is 1. The first kappa shape index (κ1) is 17.2. The van der Waals surface area contributed by atoms with Crippen LogP contribution in [0, 0.1) is 5.41 Å². The number of hydrogen-bond acceptors (Lipinski definition) is 2. The molecule has 0 saturated carbocycles. The van der Waals surface area contributed by atoms with Gasteiger partial charge in [-0.1, -0.05) is 50.2 Å². The van der Waals surface area contributed by atoms with E-state index in [1.165, 1.54) is 11.3 Å². The molecule has 2 aromatic carbocycles. The van der Waals surface area contributed by atoms with Crippen molar-refractivity contribution in [3.8, 4) is 11.3 Å². The third kappa shape index (κ3) is 2.67. The summed E-state index contributed by atoms with van der Waals surface area (Å²) in [5.74, 6) is 0.117. The first-order valence-electron chi connectivity index (χ1n) is 9.98. The Morgan fingerprint density at radius 2 is 1.89 bits per heavy atom. The molecule has 1 aliphatic carbocycles. The number of nitrogens with zero attached hydrogens (tertiary/aromatic N) is 2. The van der Waals surface area contributed by atoms with Crippen LogP contribution in [0.25, 0.3) is 11.3 Å². The Kier molecular flexibility index (Phi) is 3.73. The highest BCUT2D eigenvalue weighted by atomic mass is 16.2. The van der Waals surface area contributed by atoms with Gasteiger partial charge in [0.15, 0.2) is 0 Å². The van der Waals surface area contributed by atoms with E-state index in [9.17, 15) is 4.79 Å². The van der Waals surface area contributed by atoms with Crippen LogP contribution >= 0.6 is 0 Å². The molecule has 1 atom stereocenters. The summed E-state index contributed by atoms with van der Waals surface area (Å²) in [5, 5.41) is 7.83. The van der Waals surface area contributed by atoms with E-state index in [2.05, 4.69) is 55.2 Å². The van der Waals surface area contributed by atoms with Crippen molar-refractivity contribution in [1.29, 1.82) is 0 Å². The van der Waals surface area contributed by atoms with E-state index >= 15 is 0 Å². The number of aromatic nitrogens is 2. The number of carbonyl (C=O) groups excluding carboxylic acids is 1. The van der Waals surface area contributed by atoms with Gasteiger partial charge in [0.1, 0.15) is 0 Å². The highest BCUT2D eigenvalue weighted by Gasteiger charge is 2.34. The van der Waals surface area contributed by atoms with Crippen LogP contribution < -0.4 is 0 Å². The maximum atomic E-state index is 13.0. The molecule has 0 bridgehead atoms. The number of rotatable bonds is 3. The number of nitrogens with one attached hydrogen (secondary N) is 1. The quantitative estimate of drug-likeness (QED) is 0.710. The van der Waals surface area contributed by atoms with E-state index in [-0.39, 0.29) is 17.4 Å². The van der Waals surface area contributed by atoms with Gasteiger partial charge in [-0.25, -0.2) is 0 Å². The molecule has 3 aromatic rings. The maximum Gasteiger partial charge on any atom is 0.255 e. The Morgan fingerprint density at radius 3 is 2.68 bits per heavy atom. The lowest BCUT2D eigenvalue weighted by atomic mass is 9.90. The molecule has 0 fully saturated rings. The summed E-state index contributed by atoms with van der Waals surface area (Å²) in [5.41, 5.74) is 8.11. The summed E-state index contributed by atoms with van der Waals surface area (Å²) in [4.78, 5) is 14.9. The van der Waals surface area contributed by atoms with E-state index in [4.69, 9.17) is 0 Å². The van der Waals surface area contributed by atoms with E-state index in [1.54, 1.807) is 0 Å². The zero-order valence-corrected chi connectivity index (χ0v) is 16.6. The zero-order valence-electron chi connectivity index (χ0n) is 16.6. The molecule has 1 aliphatic heterocycles. The third-order valence-electron chi connectivity index (χ3n) is 6.22. The summed E-state index contributed by atoms with van der Waals surface area (Å²) in [6.45, 7) is 7.35. The SMILES string of the molecule is C[C@H](c1ccccc1)N1Cc2cc(-c3n[nH]c4c3CC(C)(C)C4)ccc2C1=O. The van der Waals surface area contributed by atoms with Gasteiger partial charge < -0.3 is 4.90 Å². The molecular formula is C24H25N3O. The van der Waals surface area contributed by atoms with Crippen molar-refractivity contribution in [2.45, 2.75) is 46.2 Å². The largest absolute Gasteiger partial charge is 0.328 e. The van der Waals surface area contributed by atoms with Crippen molar-refractivity contribution >= 4 is 5.91 Å². The molecule has 4 heteroatoms. The fraction of sp³-hybridized carbons (Fsp3) is 0.333. The number of carbonyl (C=O) groups is 1. The summed E-state index contributed by atoms with van der Waals surface area (Å²) in [6.07, 6.45) is 2.09. The molecule has 1 aromatic heterocycles. The maximum absolute atomic E-state index is 13.0. The molecule has 0 radical (unpaired) electrons. The molecule has 2 aliphatic rings. The minimum atomic E-state index is 0.0555. The van der Waals surface area contributed by atoms with Gasteiger partial charge in [0.05, 0.1) is 11.7 Å². The van der Waals surface area contributed by atoms with Crippen molar-refractivity contribution in [3.05, 3.63) is 76.5 Å². The Bertz CT molecular complexity index is 1060. The van der Waals surface area contributed by atoms with Crippen LogP contribution in [0.3, 0.4) is 0 Å². The van der Waals surface area contributed by atoms with Crippen LogP contribution in [-0.4, -0.2) is 21.0 Å². The van der Waals surface area contributed by atoms with Crippen molar-refractivity contribution < 1.29 is 4.79 Å². The van der Waals surface area contributed by atoms with Crippen molar-refractivity contribution in [2.75, 3.05) is 0 Å². The molecule has 0 spiro atoms. The molecule has 1 amide bonds. The van der Waals surface area contributed by atoms with Crippen LogP contribution in [-0.2, 0) is 19.4 Å². The van der Waals surface area contributed by atoms with Crippen LogP contribution in [0.15, 0.2) is 48.5 Å². The fourth-order valence-electron chi connectivity index (χ4n) is 4.71. The van der Waals surface area contributed by atoms with Crippen molar-refractivity contribution in [2.24, 2.45) is 5.41 Å². The molecule has 0 saturated heterocycles. The van der Waals surface area contributed by atoms with Gasteiger partial charge >= 0.3 is 0 Å². The Morgan fingerprint density at radius 1 is 1.11 bits per heavy atom. The average molecular weight is 371 g/mol. The van der Waals surface area contributed by atoms with Gasteiger partial charge in [0.25, 0.3) is 5.91 Å². The van der Waals surface area contributed by atoms with Gasteiger partial charge in [0.2, 0.25) is 0 Å². The first-order valence-corrected chi connectivity index (χ1v) is 9.98. The standard InChI is InChI=1S/C24H25N3O/c1-15(16-7-5-4-6-8-16)27-14-18-11-17(9-10-19(18)23(27)28)22-20-12-24(2,3)13-21(20)25-26-22/h4-11,15H,12-14H2,1-3H3,(H,25,26)/t15-/m1/s1. The van der Waals surface area contributed by atoms with Crippen LogP contribution in [0.2, 0.25) is 0 Å². The highest BCUT2D eigenvalue weighted by molar-refractivity contribution is 5.99. The van der Waals surface area contributed by atoms with Crippen LogP contribution in [0.5, 0.6) is 0 Å². The second kappa shape index (κ2) is 6.06. The average Bonchev–Trinajstić information content (AvgIpc) is 3.31. The van der Waals surface area contributed by atoms with E-state index in [1.807, 2.05) is 29.2 Å². The third-order valence-corrected chi connectivity index (χ3v) is 6.22. The molecule has 1 N–H and O–H groups in total. The van der Waals surface area contributed by atoms with Gasteiger partial charge in [-0.15, -0.1) is 0 Å². The van der Waals surface area contributed by atoms with Gasteiger partial charge in [-0.05, 0) is 48.4 Å². The minimum Gasteiger partial charge on any atom is -0.328 e. The number of benzene rings is 2. The van der Waals surface area contributed by atoms with Crippen molar-refractivity contribution in [1.82, 2.24) is 15.1 Å². The summed E-state index contributed by atoms with van der Waals surface area (Å²) < 4.78 is 0. The lowest BCUT2D eigenvalue weighted by Gasteiger charge is -2.24. The summed E-state index contributed by atoms with van der Waals surface area (Å²) in [6, 6.07) is 16.5. The highest BCUT2D eigenvalue weighted by Crippen LogP contribution is 2.41. The van der Waals surface area contributed by atoms with Crippen LogP contribution in [0.1, 0.15) is 59.6 Å². The Balaban J connectivity index is 1.46. The predicted molar refractivity (Wildman–Crippen MR) is 110 cm³/mol. The van der Waals surface area contributed by atoms with Gasteiger partial charge in [-0.2, -0.15) is 5.10 Å². The molecule has 2 heterocycles. The summed E-state index contributed by atoms with van der Waals surface area (Å²) >= 11 is 0. The van der Waals surface area contributed by atoms with E-state index in [0.717, 1.165) is 40.8 Å². The van der Waals surface area contributed by atoms with E-state index in [0.29, 0.717) is 6.54 Å². The Labute approximate surface area is 165 Å². The molecule has 28 heavy (non-hydrogen) atoms. The second-order valence-corrected chi connectivity index (χ2v) is 8.94. The fourth-order valence-corrected chi connectivity index (χ4v) is 4.71. The molecular weight excluding hydrogens is 346 g/mol. The van der Waals surface area contributed by atoms with Gasteiger partial charge in [0, 0.05) is 28.9 Å². The molecule has 5 rings (SSSR count). The topological polar surface area (TPSA) is 49.0 Å². The van der Waals surface area contributed by atoms with Gasteiger partial charge in [-0.3, -0.25) is 9.89 Å². The lowest BCUT2D eigenvalue weighted by molar-refractivity contribution is 0.0716. The first-order chi connectivity index (χ1) is 13.4. The monoisotopic (exact) mass is 371 g/mol. The zero-order chi connectivity index (χ0) is 19.5. The number of amides is 1. The molecule has 4 nitrogen and oxygen atoms in total. The van der Waals surface area contributed by atoms with E-state index < -0.39 is 0 Å². The van der Waals surface area contributed by atoms with Crippen LogP contribution in [0.4, 0.5) is 0 Å². The number of fused-ring (bicyclic) bond motifs is 2. The minimum absolute atomic E-state index is 0.0555. The smallest absolute Gasteiger partial charge is 0.255 e. The second-order valence-electron chi connectivity index (χ2n) is 8.94. The Hall–Kier alpha value is -2.88. The molecule has 0 unspecified atom stereocenters. The predicted octanol–water partition coefficient (Wildman–Crippen LogP) is 4.92. The lowest BCUT2D eigenvalue weighted by Crippen LogP contribution is -2.27. The molecule has 142 valence electrons. The number of H-pyrrole nitrogens is 1. The normalized spacial score (nSPS) is 18.2. The number of hydrogen-bond donors (Lipinski definition) is 1.